The van der Waals surface area contributed by atoms with Crippen LogP contribution in [0.3, 0.4) is 0 Å². The molecule has 7 nitrogen and oxygen atoms in total. The summed E-state index contributed by atoms with van der Waals surface area (Å²) in [6.07, 6.45) is 5.78. The number of anilines is 2. The van der Waals surface area contributed by atoms with Gasteiger partial charge in [-0.15, -0.1) is 6.42 Å². The van der Waals surface area contributed by atoms with Crippen LogP contribution < -0.4 is 22.5 Å². The van der Waals surface area contributed by atoms with Gasteiger partial charge in [0.2, 0.25) is 5.91 Å². The summed E-state index contributed by atoms with van der Waals surface area (Å²) in [6, 6.07) is 16.2. The Morgan fingerprint density at radius 2 is 1.83 bits per heavy atom. The third kappa shape index (κ3) is 6.40. The number of hydrogen-bond donors (Lipinski definition) is 4. The van der Waals surface area contributed by atoms with E-state index in [4.69, 9.17) is 46.8 Å². The van der Waals surface area contributed by atoms with E-state index in [0.717, 1.165) is 0 Å². The molecule has 0 saturated heterocycles. The summed E-state index contributed by atoms with van der Waals surface area (Å²) < 4.78 is 0. The van der Waals surface area contributed by atoms with Gasteiger partial charge in [0.15, 0.2) is 0 Å². The highest BCUT2D eigenvalue weighted by Crippen LogP contribution is 2.29. The number of benzene rings is 3. The number of nitrogens with one attached hydrogen (secondary N) is 1. The third-order valence-corrected chi connectivity index (χ3v) is 5.95. The first kappa shape index (κ1) is 25.8. The van der Waals surface area contributed by atoms with Crippen molar-refractivity contribution in [2.45, 2.75) is 12.3 Å². The summed E-state index contributed by atoms with van der Waals surface area (Å²) >= 11 is 12.1. The highest BCUT2D eigenvalue weighted by Gasteiger charge is 2.21. The second-order valence-corrected chi connectivity index (χ2v) is 8.44. The molecule has 0 aliphatic rings. The Morgan fingerprint density at radius 3 is 2.51 bits per heavy atom. The van der Waals surface area contributed by atoms with Crippen LogP contribution in [0.25, 0.3) is 0 Å². The van der Waals surface area contributed by atoms with Gasteiger partial charge in [-0.05, 0) is 67.1 Å². The SMILES string of the molecule is C#Cc1cccc(C(=O)N=C(N)c2cc(NC(=O)C(CCN)c3ccc(Cl)c(Cl)c3)ccc2N)c1. The molecule has 3 aromatic rings. The molecule has 1 atom stereocenters. The fourth-order valence-corrected chi connectivity index (χ4v) is 3.71. The molecule has 0 bridgehead atoms. The van der Waals surface area contributed by atoms with Crippen LogP contribution in [0.2, 0.25) is 10.0 Å². The van der Waals surface area contributed by atoms with E-state index in [2.05, 4.69) is 16.2 Å². The molecule has 0 spiro atoms. The van der Waals surface area contributed by atoms with Gasteiger partial charge in [-0.1, -0.05) is 41.3 Å². The number of aliphatic imine (C=N–C) groups is 1. The van der Waals surface area contributed by atoms with Crippen LogP contribution in [0.4, 0.5) is 11.4 Å². The average molecular weight is 508 g/mol. The molecule has 3 aromatic carbocycles. The third-order valence-electron chi connectivity index (χ3n) is 5.21. The topological polar surface area (TPSA) is 137 Å². The molecular weight excluding hydrogens is 485 g/mol. The Labute approximate surface area is 213 Å². The molecule has 7 N–H and O–H groups in total. The molecule has 3 rings (SSSR count). The predicted molar refractivity (Wildman–Crippen MR) is 142 cm³/mol. The first-order chi connectivity index (χ1) is 16.7. The standard InChI is InChI=1S/C26H23Cl2N5O2/c1-2-15-4-3-5-17(12-15)25(34)33-24(31)20-14-18(7-9-23(20)30)32-26(35)19(10-11-29)16-6-8-21(27)22(28)13-16/h1,3-9,12-14,19H,10-11,29-30H2,(H,32,35)(H2,31,33,34). The number of nitrogen functional groups attached to an aromatic ring is 1. The van der Waals surface area contributed by atoms with Gasteiger partial charge < -0.3 is 22.5 Å². The molecule has 35 heavy (non-hydrogen) atoms. The first-order valence-corrected chi connectivity index (χ1v) is 11.3. The minimum atomic E-state index is -0.573. The molecule has 0 heterocycles. The van der Waals surface area contributed by atoms with Crippen LogP contribution in [0, 0.1) is 12.3 Å². The van der Waals surface area contributed by atoms with Crippen LogP contribution in [0.15, 0.2) is 65.7 Å². The average Bonchev–Trinajstić information content (AvgIpc) is 2.85. The van der Waals surface area contributed by atoms with E-state index in [0.29, 0.717) is 38.8 Å². The predicted octanol–water partition coefficient (Wildman–Crippen LogP) is 4.17. The lowest BCUT2D eigenvalue weighted by molar-refractivity contribution is -0.117. The smallest absolute Gasteiger partial charge is 0.278 e. The van der Waals surface area contributed by atoms with Gasteiger partial charge in [0.1, 0.15) is 5.84 Å². The number of amidine groups is 1. The Balaban J connectivity index is 1.85. The quantitative estimate of drug-likeness (QED) is 0.164. The van der Waals surface area contributed by atoms with E-state index >= 15 is 0 Å². The van der Waals surface area contributed by atoms with Gasteiger partial charge in [0.05, 0.1) is 16.0 Å². The first-order valence-electron chi connectivity index (χ1n) is 10.5. The zero-order valence-electron chi connectivity index (χ0n) is 18.6. The normalized spacial score (nSPS) is 12.0. The molecule has 178 valence electrons. The van der Waals surface area contributed by atoms with Crippen molar-refractivity contribution in [3.8, 4) is 12.3 Å². The van der Waals surface area contributed by atoms with Crippen molar-refractivity contribution >= 4 is 52.2 Å². The Bertz CT molecular complexity index is 1350. The molecule has 0 aliphatic heterocycles. The summed E-state index contributed by atoms with van der Waals surface area (Å²) in [4.78, 5) is 29.6. The van der Waals surface area contributed by atoms with Gasteiger partial charge in [-0.2, -0.15) is 4.99 Å². The van der Waals surface area contributed by atoms with Crippen LogP contribution in [0.1, 0.15) is 39.4 Å². The molecule has 2 amide bonds. The zero-order chi connectivity index (χ0) is 25.5. The highest BCUT2D eigenvalue weighted by atomic mass is 35.5. The summed E-state index contributed by atoms with van der Waals surface area (Å²) in [7, 11) is 0. The van der Waals surface area contributed by atoms with E-state index in [9.17, 15) is 9.59 Å². The number of rotatable bonds is 7. The minimum Gasteiger partial charge on any atom is -0.398 e. The van der Waals surface area contributed by atoms with E-state index in [1.54, 1.807) is 60.7 Å². The lowest BCUT2D eigenvalue weighted by atomic mass is 9.94. The number of terminal acetylenes is 1. The Morgan fingerprint density at radius 1 is 1.06 bits per heavy atom. The van der Waals surface area contributed by atoms with E-state index in [1.165, 1.54) is 0 Å². The van der Waals surface area contributed by atoms with Crippen molar-refractivity contribution < 1.29 is 9.59 Å². The summed E-state index contributed by atoms with van der Waals surface area (Å²) in [6.45, 7) is 0.286. The monoisotopic (exact) mass is 507 g/mol. The Kier molecular flexibility index (Phi) is 8.50. The van der Waals surface area contributed by atoms with Crippen molar-refractivity contribution in [2.75, 3.05) is 17.6 Å². The number of nitrogens with two attached hydrogens (primary N) is 3. The van der Waals surface area contributed by atoms with Crippen molar-refractivity contribution in [3.63, 3.8) is 0 Å². The fraction of sp³-hybridized carbons (Fsp3) is 0.115. The molecule has 0 saturated carbocycles. The molecule has 0 radical (unpaired) electrons. The Hall–Kier alpha value is -3.83. The second-order valence-electron chi connectivity index (χ2n) is 7.62. The maximum absolute atomic E-state index is 13.1. The molecular formula is C26H23Cl2N5O2. The van der Waals surface area contributed by atoms with Gasteiger partial charge >= 0.3 is 0 Å². The summed E-state index contributed by atoms with van der Waals surface area (Å²) in [5.41, 5.74) is 20.4. The minimum absolute atomic E-state index is 0.0994. The number of halogens is 2. The number of carbonyl (C=O) groups excluding carboxylic acids is 2. The van der Waals surface area contributed by atoms with Crippen LogP contribution in [-0.2, 0) is 4.79 Å². The zero-order valence-corrected chi connectivity index (χ0v) is 20.1. The number of nitrogens with zero attached hydrogens (tertiary/aromatic N) is 1. The van der Waals surface area contributed by atoms with Gasteiger partial charge in [0, 0.05) is 28.1 Å². The second kappa shape index (κ2) is 11.5. The maximum Gasteiger partial charge on any atom is 0.278 e. The molecule has 9 heteroatoms. The van der Waals surface area contributed by atoms with Gasteiger partial charge in [-0.25, -0.2) is 0 Å². The van der Waals surface area contributed by atoms with Crippen molar-refractivity contribution in [3.05, 3.63) is 93.0 Å². The van der Waals surface area contributed by atoms with E-state index < -0.39 is 11.8 Å². The highest BCUT2D eigenvalue weighted by molar-refractivity contribution is 6.42. The molecule has 0 aliphatic carbocycles. The van der Waals surface area contributed by atoms with Gasteiger partial charge in [0.25, 0.3) is 5.91 Å². The van der Waals surface area contributed by atoms with Gasteiger partial charge in [-0.3, -0.25) is 9.59 Å². The fourth-order valence-electron chi connectivity index (χ4n) is 3.41. The number of amides is 2. The van der Waals surface area contributed by atoms with Crippen molar-refractivity contribution in [1.82, 2.24) is 0 Å². The number of hydrogen-bond acceptors (Lipinski definition) is 4. The summed E-state index contributed by atoms with van der Waals surface area (Å²) in [5.74, 6) is 0.925. The van der Waals surface area contributed by atoms with Crippen LogP contribution in [-0.4, -0.2) is 24.2 Å². The van der Waals surface area contributed by atoms with Crippen LogP contribution >= 0.6 is 23.2 Å². The maximum atomic E-state index is 13.1. The lowest BCUT2D eigenvalue weighted by Crippen LogP contribution is -2.24. The van der Waals surface area contributed by atoms with Crippen molar-refractivity contribution in [1.29, 1.82) is 0 Å². The largest absolute Gasteiger partial charge is 0.398 e. The number of carbonyl (C=O) groups is 2. The molecule has 0 aromatic heterocycles. The lowest BCUT2D eigenvalue weighted by Gasteiger charge is -2.18. The molecule has 0 fully saturated rings. The summed E-state index contributed by atoms with van der Waals surface area (Å²) in [5, 5.41) is 3.57. The van der Waals surface area contributed by atoms with E-state index in [1.807, 2.05) is 0 Å². The molecule has 1 unspecified atom stereocenters. The van der Waals surface area contributed by atoms with Crippen molar-refractivity contribution in [2.24, 2.45) is 16.5 Å². The van der Waals surface area contributed by atoms with Crippen LogP contribution in [0.5, 0.6) is 0 Å². The van der Waals surface area contributed by atoms with E-state index in [-0.39, 0.29) is 29.5 Å².